The summed E-state index contributed by atoms with van der Waals surface area (Å²) in [7, 11) is 0. The Morgan fingerprint density at radius 2 is 1.74 bits per heavy atom. The number of alkyl halides is 6. The molecule has 9 nitrogen and oxygen atoms in total. The molecule has 3 aromatic heterocycles. The maximum Gasteiger partial charge on any atom is 0.573 e. The van der Waals surface area contributed by atoms with Crippen molar-refractivity contribution >= 4 is 17.0 Å². The number of nitrogens with one attached hydrogen (secondary N) is 1. The van der Waals surface area contributed by atoms with E-state index in [1.54, 1.807) is 12.4 Å². The number of aromatic nitrogens is 5. The van der Waals surface area contributed by atoms with Crippen LogP contribution < -0.4 is 10.5 Å². The first-order valence-corrected chi connectivity index (χ1v) is 9.14. The summed E-state index contributed by atoms with van der Waals surface area (Å²) in [5.74, 6) is -3.07. The third-order valence-corrected chi connectivity index (χ3v) is 4.17. The number of nitrogens with zero attached hydrogens (tertiary/aromatic N) is 4. The molecule has 180 valence electrons. The molecule has 34 heavy (non-hydrogen) atoms. The lowest BCUT2D eigenvalue weighted by atomic mass is 10.1. The number of H-pyrrole nitrogens is 1. The van der Waals surface area contributed by atoms with Crippen molar-refractivity contribution in [1.29, 1.82) is 0 Å². The Hall–Kier alpha value is -4.14. The van der Waals surface area contributed by atoms with Crippen LogP contribution in [0, 0.1) is 0 Å². The van der Waals surface area contributed by atoms with Crippen LogP contribution in [0.4, 0.5) is 26.3 Å². The first-order chi connectivity index (χ1) is 15.9. The van der Waals surface area contributed by atoms with Gasteiger partial charge in [-0.25, -0.2) is 14.5 Å². The number of ether oxygens (including phenoxy) is 1. The van der Waals surface area contributed by atoms with E-state index in [4.69, 9.17) is 15.6 Å². The molecule has 15 heteroatoms. The number of aliphatic carboxylic acids is 1. The molecule has 0 amide bonds. The molecule has 0 aliphatic rings. The van der Waals surface area contributed by atoms with Crippen LogP contribution in [0.15, 0.2) is 48.8 Å². The summed E-state index contributed by atoms with van der Waals surface area (Å²) in [5.41, 5.74) is 9.03. The monoisotopic (exact) mass is 488 g/mol. The van der Waals surface area contributed by atoms with Crippen LogP contribution in [0.1, 0.15) is 5.69 Å². The van der Waals surface area contributed by atoms with Crippen molar-refractivity contribution in [2.45, 2.75) is 19.1 Å². The fraction of sp³-hybridized carbons (Fsp3) is 0.158. The average molecular weight is 488 g/mol. The van der Waals surface area contributed by atoms with Crippen LogP contribution in [-0.2, 0) is 11.3 Å². The van der Waals surface area contributed by atoms with Crippen molar-refractivity contribution in [2.75, 3.05) is 0 Å². The number of hydrogen-bond acceptors (Lipinski definition) is 6. The number of carbonyl (C=O) groups is 1. The summed E-state index contributed by atoms with van der Waals surface area (Å²) in [5, 5.41) is 19.3. The van der Waals surface area contributed by atoms with E-state index in [2.05, 4.69) is 25.0 Å². The quantitative estimate of drug-likeness (QED) is 0.372. The third kappa shape index (κ3) is 5.61. The molecule has 0 saturated carbocycles. The Morgan fingerprint density at radius 3 is 2.24 bits per heavy atom. The molecule has 0 bridgehead atoms. The molecule has 0 radical (unpaired) electrons. The molecule has 4 aromatic rings. The van der Waals surface area contributed by atoms with E-state index in [1.165, 1.54) is 28.9 Å². The van der Waals surface area contributed by atoms with E-state index >= 15 is 0 Å². The molecule has 1 aromatic carbocycles. The van der Waals surface area contributed by atoms with Gasteiger partial charge in [0.05, 0.1) is 22.5 Å². The minimum absolute atomic E-state index is 0.169. The summed E-state index contributed by atoms with van der Waals surface area (Å²) >= 11 is 0. The van der Waals surface area contributed by atoms with Gasteiger partial charge in [-0.3, -0.25) is 5.10 Å². The Bertz CT molecular complexity index is 1270. The van der Waals surface area contributed by atoms with Crippen molar-refractivity contribution in [1.82, 2.24) is 25.0 Å². The highest BCUT2D eigenvalue weighted by Gasteiger charge is 2.38. The summed E-state index contributed by atoms with van der Waals surface area (Å²) in [4.78, 5) is 13.3. The van der Waals surface area contributed by atoms with Gasteiger partial charge in [0.1, 0.15) is 5.75 Å². The van der Waals surface area contributed by atoms with Gasteiger partial charge in [0.2, 0.25) is 0 Å². The average Bonchev–Trinajstić information content (AvgIpc) is 3.41. The predicted molar refractivity (Wildman–Crippen MR) is 105 cm³/mol. The molecular weight excluding hydrogens is 474 g/mol. The molecule has 0 aliphatic heterocycles. The number of pyridine rings is 1. The highest BCUT2D eigenvalue weighted by Crippen LogP contribution is 2.31. The van der Waals surface area contributed by atoms with E-state index in [0.29, 0.717) is 22.7 Å². The van der Waals surface area contributed by atoms with Gasteiger partial charge in [-0.1, -0.05) is 0 Å². The number of nitrogens with two attached hydrogens (primary N) is 1. The Labute approximate surface area is 185 Å². The van der Waals surface area contributed by atoms with Gasteiger partial charge in [-0.2, -0.15) is 23.4 Å². The fourth-order valence-corrected chi connectivity index (χ4v) is 2.85. The number of hydrogen-bond donors (Lipinski definition) is 3. The second kappa shape index (κ2) is 9.38. The van der Waals surface area contributed by atoms with Gasteiger partial charge in [-0.15, -0.1) is 13.2 Å². The number of halogens is 6. The zero-order valence-corrected chi connectivity index (χ0v) is 16.7. The third-order valence-electron chi connectivity index (χ3n) is 4.17. The lowest BCUT2D eigenvalue weighted by molar-refractivity contribution is -0.274. The van der Waals surface area contributed by atoms with Gasteiger partial charge in [-0.05, 0) is 36.4 Å². The zero-order chi connectivity index (χ0) is 25.1. The standard InChI is InChI=1S/C17H13F3N6O.C2HF3O2/c18-17(19,20)27-11-3-1-10(2-4-11)26-16-15(14(9-21)25-26)12(5-7-22-16)13-6-8-23-24-13;3-2(4,5)1(6)7/h1-8H,9,21H2,(H,23,24);(H,6,7). The normalized spacial score (nSPS) is 11.7. The van der Waals surface area contributed by atoms with Crippen molar-refractivity contribution < 1.29 is 41.0 Å². The second-order valence-electron chi connectivity index (χ2n) is 6.42. The maximum atomic E-state index is 12.3. The largest absolute Gasteiger partial charge is 0.573 e. The van der Waals surface area contributed by atoms with Crippen LogP contribution in [0.2, 0.25) is 0 Å². The second-order valence-corrected chi connectivity index (χ2v) is 6.42. The van der Waals surface area contributed by atoms with Gasteiger partial charge in [0.25, 0.3) is 0 Å². The van der Waals surface area contributed by atoms with E-state index in [0.717, 1.165) is 10.9 Å². The molecule has 0 spiro atoms. The lowest BCUT2D eigenvalue weighted by Gasteiger charge is -2.09. The molecular formula is C19H14F6N6O3. The zero-order valence-electron chi connectivity index (χ0n) is 16.7. The fourth-order valence-electron chi connectivity index (χ4n) is 2.85. The number of rotatable bonds is 4. The highest BCUT2D eigenvalue weighted by molar-refractivity contribution is 5.94. The topological polar surface area (TPSA) is 132 Å². The van der Waals surface area contributed by atoms with Crippen molar-refractivity contribution in [3.8, 4) is 22.7 Å². The predicted octanol–water partition coefficient (Wildman–Crippen LogP) is 3.80. The Morgan fingerprint density at radius 1 is 1.09 bits per heavy atom. The Balaban J connectivity index is 0.000000406. The molecule has 0 atom stereocenters. The van der Waals surface area contributed by atoms with Crippen LogP contribution in [0.5, 0.6) is 5.75 Å². The minimum atomic E-state index is -5.08. The van der Waals surface area contributed by atoms with Gasteiger partial charge in [0.15, 0.2) is 5.65 Å². The molecule has 0 fully saturated rings. The highest BCUT2D eigenvalue weighted by atomic mass is 19.4. The van der Waals surface area contributed by atoms with Crippen molar-refractivity contribution in [2.24, 2.45) is 5.73 Å². The van der Waals surface area contributed by atoms with Gasteiger partial charge in [0, 0.05) is 24.5 Å². The minimum Gasteiger partial charge on any atom is -0.475 e. The molecule has 4 rings (SSSR count). The summed E-state index contributed by atoms with van der Waals surface area (Å²) in [6.07, 6.45) is -6.51. The van der Waals surface area contributed by atoms with Crippen molar-refractivity contribution in [3.05, 3.63) is 54.5 Å². The van der Waals surface area contributed by atoms with Crippen molar-refractivity contribution in [3.63, 3.8) is 0 Å². The van der Waals surface area contributed by atoms with Crippen LogP contribution >= 0.6 is 0 Å². The number of carboxylic acids is 1. The van der Waals surface area contributed by atoms with Crippen LogP contribution in [-0.4, -0.2) is 48.6 Å². The maximum absolute atomic E-state index is 12.3. The van der Waals surface area contributed by atoms with E-state index in [-0.39, 0.29) is 12.3 Å². The molecule has 3 heterocycles. The number of carboxylic acid groups (broad SMARTS) is 1. The molecule has 0 saturated heterocycles. The number of aromatic amines is 1. The van der Waals surface area contributed by atoms with Crippen LogP contribution in [0.3, 0.4) is 0 Å². The Kier molecular flexibility index (Phi) is 6.76. The van der Waals surface area contributed by atoms with E-state index in [1.807, 2.05) is 12.1 Å². The lowest BCUT2D eigenvalue weighted by Crippen LogP contribution is -2.21. The molecule has 0 aliphatic carbocycles. The molecule has 0 unspecified atom stereocenters. The first kappa shape index (κ1) is 24.5. The van der Waals surface area contributed by atoms with Crippen LogP contribution in [0.25, 0.3) is 28.0 Å². The summed E-state index contributed by atoms with van der Waals surface area (Å²) in [6, 6.07) is 9.00. The summed E-state index contributed by atoms with van der Waals surface area (Å²) < 4.78 is 74.2. The van der Waals surface area contributed by atoms with E-state index < -0.39 is 18.5 Å². The molecule has 4 N–H and O–H groups in total. The van der Waals surface area contributed by atoms with Gasteiger partial charge >= 0.3 is 18.5 Å². The number of benzene rings is 1. The van der Waals surface area contributed by atoms with Gasteiger partial charge < -0.3 is 15.6 Å². The van der Waals surface area contributed by atoms with E-state index in [9.17, 15) is 26.3 Å². The smallest absolute Gasteiger partial charge is 0.475 e. The number of fused-ring (bicyclic) bond motifs is 1. The SMILES string of the molecule is NCc1nn(-c2ccc(OC(F)(F)F)cc2)c2nccc(-c3cc[nH]n3)c12.O=C(O)C(F)(F)F. The summed E-state index contributed by atoms with van der Waals surface area (Å²) in [6.45, 7) is 0.169. The first-order valence-electron chi connectivity index (χ1n) is 9.14.